The summed E-state index contributed by atoms with van der Waals surface area (Å²) in [5.74, 6) is 2.55. The van der Waals surface area contributed by atoms with Crippen LogP contribution in [0.3, 0.4) is 0 Å². The van der Waals surface area contributed by atoms with Gasteiger partial charge in [0, 0.05) is 11.7 Å². The minimum absolute atomic E-state index is 0.600. The number of hydrogen-bond donors (Lipinski definition) is 1. The number of allylic oxidation sites excluding steroid dienone is 2. The molecule has 0 amide bonds. The second kappa shape index (κ2) is 4.95. The van der Waals surface area contributed by atoms with E-state index in [9.17, 15) is 0 Å². The summed E-state index contributed by atoms with van der Waals surface area (Å²) in [6.07, 6.45) is 13.0. The van der Waals surface area contributed by atoms with E-state index in [1.54, 1.807) is 11.1 Å². The first-order valence-corrected chi connectivity index (χ1v) is 8.37. The van der Waals surface area contributed by atoms with Gasteiger partial charge in [-0.3, -0.25) is 0 Å². The van der Waals surface area contributed by atoms with Gasteiger partial charge in [0.05, 0.1) is 0 Å². The number of rotatable bonds is 3. The molecule has 0 aromatic heterocycles. The summed E-state index contributed by atoms with van der Waals surface area (Å²) in [5.41, 5.74) is 4.60. The van der Waals surface area contributed by atoms with Crippen LogP contribution in [0.5, 0.6) is 0 Å². The Morgan fingerprint density at radius 1 is 1.10 bits per heavy atom. The highest BCUT2D eigenvalue weighted by molar-refractivity contribution is 5.56. The van der Waals surface area contributed by atoms with Crippen LogP contribution < -0.4 is 5.32 Å². The van der Waals surface area contributed by atoms with Gasteiger partial charge in [-0.2, -0.15) is 0 Å². The molecule has 0 radical (unpaired) electrons. The van der Waals surface area contributed by atoms with Gasteiger partial charge in [0.2, 0.25) is 0 Å². The van der Waals surface area contributed by atoms with Crippen molar-refractivity contribution in [3.8, 4) is 0 Å². The molecule has 1 N–H and O–H groups in total. The Morgan fingerprint density at radius 3 is 2.80 bits per heavy atom. The van der Waals surface area contributed by atoms with Crippen molar-refractivity contribution in [2.24, 2.45) is 17.8 Å². The Bertz CT molecular complexity index is 531. The van der Waals surface area contributed by atoms with Gasteiger partial charge in [0.1, 0.15) is 0 Å². The fourth-order valence-electron chi connectivity index (χ4n) is 4.67. The topological polar surface area (TPSA) is 12.0 Å². The maximum absolute atomic E-state index is 3.86. The Morgan fingerprint density at radius 2 is 2.00 bits per heavy atom. The maximum Gasteiger partial charge on any atom is 0.0377 e. The second-order valence-corrected chi connectivity index (χ2v) is 7.03. The summed E-state index contributed by atoms with van der Waals surface area (Å²) in [6.45, 7) is 2.39. The van der Waals surface area contributed by atoms with Crippen molar-refractivity contribution in [3.63, 3.8) is 0 Å². The highest BCUT2D eigenvalue weighted by atomic mass is 14.9. The molecule has 2 bridgehead atoms. The molecule has 1 aromatic carbocycles. The summed E-state index contributed by atoms with van der Waals surface area (Å²) in [4.78, 5) is 0. The van der Waals surface area contributed by atoms with Gasteiger partial charge in [-0.25, -0.2) is 0 Å². The Labute approximate surface area is 122 Å². The normalized spacial score (nSPS) is 32.1. The zero-order valence-electron chi connectivity index (χ0n) is 12.4. The van der Waals surface area contributed by atoms with E-state index in [0.717, 1.165) is 17.8 Å². The molecular formula is C19H25N. The van der Waals surface area contributed by atoms with Gasteiger partial charge in [0.15, 0.2) is 0 Å². The standard InChI is InChI=1S/C19H25N/c1-13(18-12-14-9-10-16(18)11-14)20-19-8-4-6-15-5-2-3-7-17(15)19/h4,6,8-10,13-14,16,18,20H,2-3,5,7,11-12H2,1H3. The first kappa shape index (κ1) is 12.5. The minimum Gasteiger partial charge on any atom is -0.382 e. The van der Waals surface area contributed by atoms with E-state index in [-0.39, 0.29) is 0 Å². The molecule has 1 saturated carbocycles. The lowest BCUT2D eigenvalue weighted by Gasteiger charge is -2.29. The first-order chi connectivity index (χ1) is 9.81. The molecule has 20 heavy (non-hydrogen) atoms. The molecular weight excluding hydrogens is 242 g/mol. The van der Waals surface area contributed by atoms with Crippen molar-refractivity contribution in [2.45, 2.75) is 51.5 Å². The van der Waals surface area contributed by atoms with E-state index in [1.165, 1.54) is 44.2 Å². The van der Waals surface area contributed by atoms with Gasteiger partial charge >= 0.3 is 0 Å². The summed E-state index contributed by atoms with van der Waals surface area (Å²) in [5, 5.41) is 3.86. The third-order valence-corrected chi connectivity index (χ3v) is 5.75. The smallest absolute Gasteiger partial charge is 0.0377 e. The van der Waals surface area contributed by atoms with E-state index in [0.29, 0.717) is 6.04 Å². The average molecular weight is 267 g/mol. The van der Waals surface area contributed by atoms with E-state index in [2.05, 4.69) is 42.6 Å². The highest BCUT2D eigenvalue weighted by Crippen LogP contribution is 2.45. The van der Waals surface area contributed by atoms with Crippen molar-refractivity contribution >= 4 is 5.69 Å². The lowest BCUT2D eigenvalue weighted by molar-refractivity contribution is 0.399. The van der Waals surface area contributed by atoms with Crippen LogP contribution in [0.1, 0.15) is 43.7 Å². The Kier molecular flexibility index (Phi) is 3.09. The van der Waals surface area contributed by atoms with Crippen LogP contribution in [0, 0.1) is 17.8 Å². The van der Waals surface area contributed by atoms with Crippen LogP contribution in [-0.4, -0.2) is 6.04 Å². The predicted octanol–water partition coefficient (Wildman–Crippen LogP) is 4.58. The molecule has 1 heteroatoms. The monoisotopic (exact) mass is 267 g/mol. The number of aryl methyl sites for hydroxylation is 1. The van der Waals surface area contributed by atoms with Crippen LogP contribution in [0.2, 0.25) is 0 Å². The number of anilines is 1. The number of nitrogens with one attached hydrogen (secondary N) is 1. The molecule has 1 aromatic rings. The Balaban J connectivity index is 1.53. The first-order valence-electron chi connectivity index (χ1n) is 8.37. The largest absolute Gasteiger partial charge is 0.382 e. The third-order valence-electron chi connectivity index (χ3n) is 5.75. The van der Waals surface area contributed by atoms with E-state index in [1.807, 2.05) is 0 Å². The SMILES string of the molecule is CC(Nc1cccc2c1CCCC2)C1CC2C=CC1C2. The number of fused-ring (bicyclic) bond motifs is 3. The summed E-state index contributed by atoms with van der Waals surface area (Å²) in [7, 11) is 0. The average Bonchev–Trinajstić information content (AvgIpc) is 3.10. The molecule has 0 aliphatic heterocycles. The van der Waals surface area contributed by atoms with E-state index in [4.69, 9.17) is 0 Å². The van der Waals surface area contributed by atoms with E-state index >= 15 is 0 Å². The molecule has 1 fully saturated rings. The van der Waals surface area contributed by atoms with Crippen LogP contribution >= 0.6 is 0 Å². The van der Waals surface area contributed by atoms with Gasteiger partial charge < -0.3 is 5.32 Å². The quantitative estimate of drug-likeness (QED) is 0.791. The lowest BCUT2D eigenvalue weighted by atomic mass is 9.86. The molecule has 3 aliphatic carbocycles. The van der Waals surface area contributed by atoms with Gasteiger partial charge in [-0.1, -0.05) is 24.3 Å². The molecule has 106 valence electrons. The van der Waals surface area contributed by atoms with Crippen molar-refractivity contribution in [1.82, 2.24) is 0 Å². The molecule has 0 spiro atoms. The second-order valence-electron chi connectivity index (χ2n) is 7.03. The summed E-state index contributed by atoms with van der Waals surface area (Å²) in [6, 6.07) is 7.46. The molecule has 4 atom stereocenters. The van der Waals surface area contributed by atoms with Crippen LogP contribution in [0.4, 0.5) is 5.69 Å². The zero-order valence-corrected chi connectivity index (χ0v) is 12.4. The zero-order chi connectivity index (χ0) is 13.5. The van der Waals surface area contributed by atoms with Gasteiger partial charge in [-0.05, 0) is 80.4 Å². The Hall–Kier alpha value is -1.24. The molecule has 4 rings (SSSR count). The van der Waals surface area contributed by atoms with Crippen molar-refractivity contribution in [2.75, 3.05) is 5.32 Å². The molecule has 4 unspecified atom stereocenters. The fraction of sp³-hybridized carbons (Fsp3) is 0.579. The van der Waals surface area contributed by atoms with Crippen molar-refractivity contribution in [1.29, 1.82) is 0 Å². The van der Waals surface area contributed by atoms with E-state index < -0.39 is 0 Å². The predicted molar refractivity (Wildman–Crippen MR) is 85.0 cm³/mol. The van der Waals surface area contributed by atoms with Gasteiger partial charge in [0.25, 0.3) is 0 Å². The van der Waals surface area contributed by atoms with Crippen molar-refractivity contribution < 1.29 is 0 Å². The number of hydrogen-bond acceptors (Lipinski definition) is 1. The molecule has 0 saturated heterocycles. The molecule has 0 heterocycles. The fourth-order valence-corrected chi connectivity index (χ4v) is 4.67. The molecule has 1 nitrogen and oxygen atoms in total. The lowest BCUT2D eigenvalue weighted by Crippen LogP contribution is -2.29. The van der Waals surface area contributed by atoms with Crippen LogP contribution in [-0.2, 0) is 12.8 Å². The van der Waals surface area contributed by atoms with Gasteiger partial charge in [-0.15, -0.1) is 0 Å². The highest BCUT2D eigenvalue weighted by Gasteiger charge is 2.38. The third kappa shape index (κ3) is 2.08. The van der Waals surface area contributed by atoms with Crippen LogP contribution in [0.25, 0.3) is 0 Å². The summed E-state index contributed by atoms with van der Waals surface area (Å²) >= 11 is 0. The van der Waals surface area contributed by atoms with Crippen molar-refractivity contribution in [3.05, 3.63) is 41.5 Å². The maximum atomic E-state index is 3.86. The van der Waals surface area contributed by atoms with Crippen LogP contribution in [0.15, 0.2) is 30.4 Å². The minimum atomic E-state index is 0.600. The molecule has 3 aliphatic rings. The number of benzene rings is 1. The summed E-state index contributed by atoms with van der Waals surface area (Å²) < 4.78 is 0.